The number of hydrogen-bond acceptors (Lipinski definition) is 15. The number of aliphatic hydroxyl groups excluding tert-OH is 7. The number of hydrogen-bond donors (Lipinski definition) is 7. The number of aliphatic hydroxyl groups is 7. The van der Waals surface area contributed by atoms with Gasteiger partial charge in [0.05, 0.1) is 19.8 Å². The molecule has 5 unspecified atom stereocenters. The van der Waals surface area contributed by atoms with E-state index in [4.69, 9.17) is 28.4 Å². The molecule has 15 nitrogen and oxygen atoms in total. The zero-order valence-corrected chi connectivity index (χ0v) is 43.1. The fraction of sp³-hybridized carbons (Fsp3) is 0.649. The largest absolute Gasteiger partial charge is 0.462 e. The summed E-state index contributed by atoms with van der Waals surface area (Å²) < 4.78 is 33.5. The second-order valence-corrected chi connectivity index (χ2v) is 18.0. The van der Waals surface area contributed by atoms with E-state index < -0.39 is 99.3 Å². The smallest absolute Gasteiger partial charge is 0.306 e. The quantitative estimate of drug-likeness (QED) is 0.0134. The predicted octanol–water partition coefficient (Wildman–Crippen LogP) is 7.93. The van der Waals surface area contributed by atoms with Gasteiger partial charge in [0, 0.05) is 12.8 Å². The molecule has 408 valence electrons. The van der Waals surface area contributed by atoms with Crippen molar-refractivity contribution >= 4 is 11.9 Å². The van der Waals surface area contributed by atoms with E-state index in [2.05, 4.69) is 86.8 Å². The molecule has 0 bridgehead atoms. The van der Waals surface area contributed by atoms with Crippen molar-refractivity contribution in [2.45, 2.75) is 210 Å². The van der Waals surface area contributed by atoms with E-state index >= 15 is 0 Å². The lowest BCUT2D eigenvalue weighted by molar-refractivity contribution is -0.332. The molecule has 0 aromatic rings. The average Bonchev–Trinajstić information content (AvgIpc) is 3.37. The van der Waals surface area contributed by atoms with Crippen LogP contribution < -0.4 is 0 Å². The summed E-state index contributed by atoms with van der Waals surface area (Å²) in [5, 5.41) is 72.1. The van der Waals surface area contributed by atoms with E-state index in [0.717, 1.165) is 103 Å². The summed E-state index contributed by atoms with van der Waals surface area (Å²) in [7, 11) is 0. The van der Waals surface area contributed by atoms with Crippen molar-refractivity contribution in [1.82, 2.24) is 0 Å². The molecule has 15 heteroatoms. The van der Waals surface area contributed by atoms with Crippen LogP contribution in [-0.2, 0) is 38.0 Å². The first-order chi connectivity index (χ1) is 35.0. The highest BCUT2D eigenvalue weighted by molar-refractivity contribution is 5.70. The summed E-state index contributed by atoms with van der Waals surface area (Å²) >= 11 is 0. The maximum Gasteiger partial charge on any atom is 0.306 e. The molecule has 72 heavy (non-hydrogen) atoms. The SMILES string of the molecule is CC/C=C/C=C/C=C/C=C/CCCCCC(=O)OC(COC(=O)CCCCCCCCC/C=C/C/C=C/C/C=C/C/C=C/C/C=C/CC)CO[C@@H]1O[C@H](CO[C@@H]2O[C@H](CO)[C@H](O)C(O)C2O)[C@H](O)C(O)C1O. The van der Waals surface area contributed by atoms with Crippen molar-refractivity contribution in [3.05, 3.63) is 109 Å². The fourth-order valence-corrected chi connectivity index (χ4v) is 7.55. The topological polar surface area (TPSA) is 231 Å². The average molecular weight is 1020 g/mol. The molecule has 0 aromatic heterocycles. The lowest BCUT2D eigenvalue weighted by atomic mass is 9.98. The highest BCUT2D eigenvalue weighted by Crippen LogP contribution is 2.26. The summed E-state index contributed by atoms with van der Waals surface area (Å²) in [6.45, 7) is 2.25. The first-order valence-corrected chi connectivity index (χ1v) is 26.5. The third-order valence-corrected chi connectivity index (χ3v) is 11.8. The molecule has 2 aliphatic rings. The van der Waals surface area contributed by atoms with E-state index in [9.17, 15) is 45.3 Å². The van der Waals surface area contributed by atoms with Gasteiger partial charge in [0.25, 0.3) is 0 Å². The Labute approximate surface area is 430 Å². The normalized spacial score (nSPS) is 25.9. The van der Waals surface area contributed by atoms with Crippen LogP contribution in [0, 0.1) is 0 Å². The zero-order valence-electron chi connectivity index (χ0n) is 43.1. The first-order valence-electron chi connectivity index (χ1n) is 26.5. The standard InChI is InChI=1S/C57H90O15/c1-3-5-7-9-11-13-15-17-18-19-20-21-22-23-24-25-26-28-29-31-33-35-37-39-48(59)67-42-45(70-49(60)40-38-36-34-32-30-27-16-14-12-10-8-6-4-2)43-68-56-55(66)53(64)51(62)47(72-56)44-69-57-54(65)52(63)50(61)46(41-58)71-57/h5-8,10-14,16-18,20-21,23-24,27,30,45-47,50-58,61-66H,3-4,9,15,19,22,25-26,28-29,31-44H2,1-2H3/b7-5+,8-6+,12-10+,13-11+,16-14+,18-17+,21-20+,24-23+,30-27+/t45?,46-,47-,50+,51+,52?,53?,54?,55?,56-,57-/m1/s1. The second-order valence-electron chi connectivity index (χ2n) is 18.0. The summed E-state index contributed by atoms with van der Waals surface area (Å²) in [6.07, 6.45) is 38.3. The van der Waals surface area contributed by atoms with Crippen LogP contribution in [0.1, 0.15) is 142 Å². The Bertz CT molecular complexity index is 1660. The van der Waals surface area contributed by atoms with Crippen LogP contribution >= 0.6 is 0 Å². The highest BCUT2D eigenvalue weighted by Gasteiger charge is 2.47. The lowest BCUT2D eigenvalue weighted by Gasteiger charge is -2.42. The minimum atomic E-state index is -1.78. The van der Waals surface area contributed by atoms with Gasteiger partial charge in [-0.1, -0.05) is 162 Å². The molecule has 11 atom stereocenters. The molecule has 2 saturated heterocycles. The van der Waals surface area contributed by atoms with Crippen LogP contribution in [-0.4, -0.2) is 142 Å². The van der Waals surface area contributed by atoms with Crippen molar-refractivity contribution < 1.29 is 73.8 Å². The van der Waals surface area contributed by atoms with Crippen molar-refractivity contribution in [3.8, 4) is 0 Å². The molecule has 0 amide bonds. The molecule has 0 aromatic carbocycles. The van der Waals surface area contributed by atoms with Crippen molar-refractivity contribution in [2.75, 3.05) is 26.4 Å². The number of ether oxygens (including phenoxy) is 6. The zero-order chi connectivity index (χ0) is 52.4. The third-order valence-electron chi connectivity index (χ3n) is 11.8. The highest BCUT2D eigenvalue weighted by atomic mass is 16.7. The summed E-state index contributed by atoms with van der Waals surface area (Å²) in [6, 6.07) is 0. The maximum absolute atomic E-state index is 13.0. The van der Waals surface area contributed by atoms with Gasteiger partial charge in [-0.15, -0.1) is 0 Å². The van der Waals surface area contributed by atoms with Gasteiger partial charge in [-0.05, 0) is 77.0 Å². The van der Waals surface area contributed by atoms with Crippen molar-refractivity contribution in [1.29, 1.82) is 0 Å². The Morgan fingerprint density at radius 3 is 1.49 bits per heavy atom. The van der Waals surface area contributed by atoms with Crippen LogP contribution in [0.25, 0.3) is 0 Å². The Hall–Kier alpha value is -3.84. The molecule has 2 heterocycles. The van der Waals surface area contributed by atoms with E-state index in [1.165, 1.54) is 0 Å². The molecule has 0 spiro atoms. The van der Waals surface area contributed by atoms with E-state index in [0.29, 0.717) is 12.8 Å². The van der Waals surface area contributed by atoms with E-state index in [1.807, 2.05) is 36.5 Å². The first kappa shape index (κ1) is 64.3. The maximum atomic E-state index is 13.0. The molecular weight excluding hydrogens is 925 g/mol. The predicted molar refractivity (Wildman–Crippen MR) is 279 cm³/mol. The van der Waals surface area contributed by atoms with Gasteiger partial charge in [-0.25, -0.2) is 0 Å². The number of unbranched alkanes of at least 4 members (excludes halogenated alkanes) is 10. The van der Waals surface area contributed by atoms with Gasteiger partial charge in [0.1, 0.15) is 55.4 Å². The number of carbonyl (C=O) groups is 2. The molecule has 2 fully saturated rings. The van der Waals surface area contributed by atoms with Crippen LogP contribution in [0.15, 0.2) is 109 Å². The number of allylic oxidation sites excluding steroid dienone is 18. The van der Waals surface area contributed by atoms with Gasteiger partial charge in [-0.2, -0.15) is 0 Å². The molecule has 0 saturated carbocycles. The molecule has 2 rings (SSSR count). The van der Waals surface area contributed by atoms with E-state index in [1.54, 1.807) is 0 Å². The molecule has 7 N–H and O–H groups in total. The molecule has 0 aliphatic carbocycles. The van der Waals surface area contributed by atoms with Crippen molar-refractivity contribution in [3.63, 3.8) is 0 Å². The molecular formula is C57H90O15. The number of esters is 2. The van der Waals surface area contributed by atoms with E-state index in [-0.39, 0.29) is 19.4 Å². The molecule has 2 aliphatic heterocycles. The van der Waals surface area contributed by atoms with Crippen LogP contribution in [0.4, 0.5) is 0 Å². The van der Waals surface area contributed by atoms with Gasteiger partial charge >= 0.3 is 11.9 Å². The lowest BCUT2D eigenvalue weighted by Crippen LogP contribution is -2.61. The van der Waals surface area contributed by atoms with Gasteiger partial charge in [0.2, 0.25) is 0 Å². The van der Waals surface area contributed by atoms with Gasteiger partial charge < -0.3 is 64.2 Å². The molecule has 0 radical (unpaired) electrons. The Morgan fingerprint density at radius 2 is 0.903 bits per heavy atom. The fourth-order valence-electron chi connectivity index (χ4n) is 7.55. The minimum Gasteiger partial charge on any atom is -0.462 e. The van der Waals surface area contributed by atoms with Crippen molar-refractivity contribution in [2.24, 2.45) is 0 Å². The monoisotopic (exact) mass is 1010 g/mol. The minimum absolute atomic E-state index is 0.109. The van der Waals surface area contributed by atoms with Crippen LogP contribution in [0.5, 0.6) is 0 Å². The number of rotatable bonds is 39. The Balaban J connectivity index is 1.78. The van der Waals surface area contributed by atoms with Gasteiger partial charge in [0.15, 0.2) is 18.7 Å². The summed E-state index contributed by atoms with van der Waals surface area (Å²) in [5.41, 5.74) is 0. The third kappa shape index (κ3) is 29.8. The second kappa shape index (κ2) is 42.5. The van der Waals surface area contributed by atoms with Crippen LogP contribution in [0.2, 0.25) is 0 Å². The summed E-state index contributed by atoms with van der Waals surface area (Å²) in [5.74, 6) is -0.996. The Kier molecular flexibility index (Phi) is 37.9. The summed E-state index contributed by atoms with van der Waals surface area (Å²) in [4.78, 5) is 25.8. The number of carbonyl (C=O) groups excluding carboxylic acids is 2. The van der Waals surface area contributed by atoms with Gasteiger partial charge in [-0.3, -0.25) is 9.59 Å². The Morgan fingerprint density at radius 1 is 0.458 bits per heavy atom. The van der Waals surface area contributed by atoms with Crippen LogP contribution in [0.3, 0.4) is 0 Å².